The maximum absolute atomic E-state index is 10.8. The Hall–Kier alpha value is -1.38. The van der Waals surface area contributed by atoms with E-state index in [0.29, 0.717) is 5.95 Å². The topological polar surface area (TPSA) is 59.3 Å². The van der Waals surface area contributed by atoms with Crippen LogP contribution in [0.4, 0.5) is 5.95 Å². The summed E-state index contributed by atoms with van der Waals surface area (Å²) in [6, 6.07) is 5.79. The first-order valence-electron chi connectivity index (χ1n) is 4.27. The highest BCUT2D eigenvalue weighted by Crippen LogP contribution is 2.02. The summed E-state index contributed by atoms with van der Waals surface area (Å²) >= 11 is 0.897. The van der Waals surface area contributed by atoms with Crippen LogP contribution in [0, 0.1) is 0 Å². The zero-order valence-corrected chi connectivity index (χ0v) is 9.98. The lowest BCUT2D eigenvalue weighted by atomic mass is 10.5. The minimum absolute atomic E-state index is 0.157. The van der Waals surface area contributed by atoms with Crippen molar-refractivity contribution < 1.29 is 4.79 Å². The molecule has 5 nitrogen and oxygen atoms in total. The van der Waals surface area contributed by atoms with E-state index in [0.717, 1.165) is 26.5 Å². The molecule has 2 heterocycles. The lowest BCUT2D eigenvalue weighted by Gasteiger charge is -1.94. The van der Waals surface area contributed by atoms with Gasteiger partial charge in [0.05, 0.1) is 0 Å². The largest absolute Gasteiger partial charge is 0.293 e. The van der Waals surface area contributed by atoms with Gasteiger partial charge in [0.1, 0.15) is 0 Å². The smallest absolute Gasteiger partial charge is 0.290 e. The Morgan fingerprint density at radius 3 is 3.00 bits per heavy atom. The highest BCUT2D eigenvalue weighted by atomic mass is 27.0. The summed E-state index contributed by atoms with van der Waals surface area (Å²) in [6.07, 6.45) is 0. The first-order valence-corrected chi connectivity index (χ1v) is 5.27. The Morgan fingerprint density at radius 2 is 2.36 bits per heavy atom. The average molecular weight is 204 g/mol. The molecule has 6 heteroatoms. The molecular formula is C8H9AlN4O. The number of fused-ring (bicyclic) bond motifs is 1. The van der Waals surface area contributed by atoms with Gasteiger partial charge in [-0.2, -0.15) is 4.98 Å². The van der Waals surface area contributed by atoms with Crippen molar-refractivity contribution >= 4 is 38.3 Å². The summed E-state index contributed by atoms with van der Waals surface area (Å²) in [7, 11) is 0. The lowest BCUT2D eigenvalue weighted by Crippen LogP contribution is -2.15. The monoisotopic (exact) mass is 204 g/mol. The van der Waals surface area contributed by atoms with Gasteiger partial charge in [-0.1, -0.05) is 12.1 Å². The Bertz CT molecular complexity index is 493. The van der Waals surface area contributed by atoms with Crippen molar-refractivity contribution in [1.82, 2.24) is 14.6 Å². The predicted octanol–water partition coefficient (Wildman–Crippen LogP) is -1.05. The molecule has 0 saturated carbocycles. The molecule has 0 aromatic carbocycles. The maximum atomic E-state index is 10.8. The first kappa shape index (κ1) is 9.19. The van der Waals surface area contributed by atoms with Crippen molar-refractivity contribution in [3.63, 3.8) is 0 Å². The quantitative estimate of drug-likeness (QED) is 0.603. The number of rotatable bonds is 1. The first-order chi connectivity index (χ1) is 6.66. The molecule has 14 heavy (non-hydrogen) atoms. The molecule has 0 aliphatic heterocycles. The normalized spacial score (nSPS) is 10.4. The van der Waals surface area contributed by atoms with E-state index < -0.39 is 0 Å². The third-order valence-corrected chi connectivity index (χ3v) is 2.59. The van der Waals surface area contributed by atoms with Crippen LogP contribution in [-0.2, 0) is 4.79 Å². The fourth-order valence-corrected chi connectivity index (χ4v) is 1.77. The van der Waals surface area contributed by atoms with E-state index in [1.807, 2.05) is 18.2 Å². The molecular weight excluding hydrogens is 195 g/mol. The van der Waals surface area contributed by atoms with Gasteiger partial charge in [0.15, 0.2) is 5.65 Å². The molecule has 2 rings (SSSR count). The highest BCUT2D eigenvalue weighted by molar-refractivity contribution is 6.31. The van der Waals surface area contributed by atoms with E-state index in [1.54, 1.807) is 4.52 Å². The third-order valence-electron chi connectivity index (χ3n) is 1.84. The molecule has 1 amide bonds. The minimum Gasteiger partial charge on any atom is -0.293 e. The molecule has 0 aliphatic carbocycles. The number of amides is 1. The summed E-state index contributed by atoms with van der Waals surface area (Å²) in [5.74, 6) is 0.205. The predicted molar refractivity (Wildman–Crippen MR) is 55.5 cm³/mol. The van der Waals surface area contributed by atoms with Gasteiger partial charge >= 0.3 is 0 Å². The number of carbonyl (C=O) groups excluding carboxylic acids is 1. The van der Waals surface area contributed by atoms with Gasteiger partial charge in [0, 0.05) is 6.92 Å². The van der Waals surface area contributed by atoms with Gasteiger partial charge in [-0.3, -0.25) is 10.1 Å². The summed E-state index contributed by atoms with van der Waals surface area (Å²) in [5.41, 5.74) is 0.765. The van der Waals surface area contributed by atoms with Crippen molar-refractivity contribution in [3.05, 3.63) is 18.2 Å². The number of nitrogens with zero attached hydrogens (tertiary/aromatic N) is 3. The fourth-order valence-electron chi connectivity index (χ4n) is 1.25. The van der Waals surface area contributed by atoms with Crippen molar-refractivity contribution in [2.24, 2.45) is 0 Å². The van der Waals surface area contributed by atoms with Crippen LogP contribution in [0.2, 0.25) is 0 Å². The molecule has 0 atom stereocenters. The minimum atomic E-state index is -0.157. The fraction of sp³-hybridized carbons (Fsp3) is 0.125. The number of pyridine rings is 1. The van der Waals surface area contributed by atoms with Crippen LogP contribution in [0.1, 0.15) is 6.92 Å². The summed E-state index contributed by atoms with van der Waals surface area (Å²) < 4.78 is 2.86. The molecule has 0 aliphatic rings. The maximum Gasteiger partial charge on any atom is 0.290 e. The second kappa shape index (κ2) is 3.41. The number of hydrogen-bond acceptors (Lipinski definition) is 3. The van der Waals surface area contributed by atoms with E-state index in [2.05, 4.69) is 15.4 Å². The van der Waals surface area contributed by atoms with Crippen LogP contribution in [0.5, 0.6) is 0 Å². The summed E-state index contributed by atoms with van der Waals surface area (Å²) in [4.78, 5) is 14.9. The van der Waals surface area contributed by atoms with Crippen LogP contribution < -0.4 is 9.87 Å². The molecule has 0 unspecified atom stereocenters. The molecule has 0 fully saturated rings. The molecule has 0 radical (unpaired) electrons. The van der Waals surface area contributed by atoms with Gasteiger partial charge in [0.25, 0.3) is 16.3 Å². The number of hydrogen-bond donors (Lipinski definition) is 1. The highest BCUT2D eigenvalue weighted by Gasteiger charge is 2.04. The molecule has 2 aromatic rings. The van der Waals surface area contributed by atoms with E-state index in [-0.39, 0.29) is 5.91 Å². The second-order valence-electron chi connectivity index (χ2n) is 3.05. The Morgan fingerprint density at radius 1 is 1.57 bits per heavy atom. The zero-order chi connectivity index (χ0) is 10.1. The SMILES string of the molecule is CC(=O)Nc1nc2ccc[c]([AlH2])n2n1. The van der Waals surface area contributed by atoms with E-state index >= 15 is 0 Å². The number of carbonyl (C=O) groups is 1. The van der Waals surface area contributed by atoms with Crippen molar-refractivity contribution in [2.45, 2.75) is 6.92 Å². The van der Waals surface area contributed by atoms with Crippen LogP contribution in [0.25, 0.3) is 5.65 Å². The third kappa shape index (κ3) is 1.62. The Balaban J connectivity index is 2.51. The van der Waals surface area contributed by atoms with Gasteiger partial charge in [-0.05, 0) is 10.6 Å². The summed E-state index contributed by atoms with van der Waals surface area (Å²) in [6.45, 7) is 1.44. The van der Waals surface area contributed by atoms with Crippen LogP contribution >= 0.6 is 0 Å². The van der Waals surface area contributed by atoms with Crippen molar-refractivity contribution in [3.8, 4) is 0 Å². The number of nitrogens with one attached hydrogen (secondary N) is 1. The Labute approximate surface area is 88.6 Å². The van der Waals surface area contributed by atoms with Crippen molar-refractivity contribution in [1.29, 1.82) is 0 Å². The molecule has 0 spiro atoms. The molecule has 0 saturated heterocycles. The molecule has 70 valence electrons. The second-order valence-corrected chi connectivity index (χ2v) is 4.08. The molecule has 2 aromatic heterocycles. The molecule has 1 N–H and O–H groups in total. The zero-order valence-electron chi connectivity index (χ0n) is 7.98. The van der Waals surface area contributed by atoms with Gasteiger partial charge < -0.3 is 0 Å². The van der Waals surface area contributed by atoms with E-state index in [9.17, 15) is 4.79 Å². The standard InChI is InChI=1S/C8H7N4O.Al.2H/c1-6(13)9-8-10-7-4-2-3-5-12(7)11-8;;;/h2-4H,1H3,(H,9,11,13);;;. The number of anilines is 1. The lowest BCUT2D eigenvalue weighted by molar-refractivity contribution is -0.114. The van der Waals surface area contributed by atoms with Gasteiger partial charge in [-0.15, -0.1) is 5.10 Å². The van der Waals surface area contributed by atoms with Crippen LogP contribution in [0.15, 0.2) is 18.2 Å². The summed E-state index contributed by atoms with van der Waals surface area (Å²) in [5, 5.41) is 6.72. The van der Waals surface area contributed by atoms with Gasteiger partial charge in [-0.25, -0.2) is 4.52 Å². The van der Waals surface area contributed by atoms with E-state index in [4.69, 9.17) is 0 Å². The van der Waals surface area contributed by atoms with Gasteiger partial charge in [0.2, 0.25) is 11.9 Å². The average Bonchev–Trinajstić information content (AvgIpc) is 2.47. The van der Waals surface area contributed by atoms with Crippen LogP contribution in [0.3, 0.4) is 0 Å². The van der Waals surface area contributed by atoms with E-state index in [1.165, 1.54) is 6.92 Å². The van der Waals surface area contributed by atoms with Crippen LogP contribution in [-0.4, -0.2) is 36.8 Å². The Kier molecular flexibility index (Phi) is 2.24. The number of aromatic nitrogens is 3. The van der Waals surface area contributed by atoms with Crippen molar-refractivity contribution in [2.75, 3.05) is 5.32 Å². The molecule has 0 bridgehead atoms.